The monoisotopic (exact) mass is 346 g/mol. The van der Waals surface area contributed by atoms with Gasteiger partial charge in [0, 0.05) is 12.1 Å². The first-order valence-corrected chi connectivity index (χ1v) is 7.89. The molecular weight excluding hydrogens is 331 g/mol. The van der Waals surface area contributed by atoms with Crippen LogP contribution in [0.1, 0.15) is 23.1 Å². The molecule has 0 bridgehead atoms. The van der Waals surface area contributed by atoms with Crippen molar-refractivity contribution in [1.29, 1.82) is 0 Å². The third-order valence-electron chi connectivity index (χ3n) is 4.08. The number of rotatable bonds is 3. The Labute approximate surface area is 144 Å². The summed E-state index contributed by atoms with van der Waals surface area (Å²) in [5, 5.41) is 6.92. The normalized spacial score (nSPS) is 16.5. The van der Waals surface area contributed by atoms with Crippen LogP contribution >= 0.6 is 11.6 Å². The van der Waals surface area contributed by atoms with E-state index in [1.807, 2.05) is 32.0 Å². The Morgan fingerprint density at radius 3 is 2.79 bits per heavy atom. The predicted molar refractivity (Wildman–Crippen MR) is 92.0 cm³/mol. The first kappa shape index (κ1) is 16.5. The second-order valence-corrected chi connectivity index (χ2v) is 6.08. The number of aryl methyl sites for hydroxylation is 1. The van der Waals surface area contributed by atoms with Crippen molar-refractivity contribution in [2.45, 2.75) is 26.4 Å². The smallest absolute Gasteiger partial charge is 0.268 e. The number of benzene rings is 2. The molecule has 1 aliphatic rings. The molecule has 3 rings (SSSR count). The van der Waals surface area contributed by atoms with E-state index in [2.05, 4.69) is 10.5 Å². The zero-order valence-electron chi connectivity index (χ0n) is 13.3. The second-order valence-electron chi connectivity index (χ2n) is 5.67. The Balaban J connectivity index is 1.73. The molecule has 0 unspecified atom stereocenters. The van der Waals surface area contributed by atoms with Crippen molar-refractivity contribution in [2.24, 2.45) is 5.16 Å². The van der Waals surface area contributed by atoms with Gasteiger partial charge in [-0.3, -0.25) is 4.79 Å². The number of hydrogen-bond donors (Lipinski definition) is 1. The lowest BCUT2D eigenvalue weighted by atomic mass is 10.0. The van der Waals surface area contributed by atoms with E-state index in [1.165, 1.54) is 12.1 Å². The standard InChI is InChI=1S/C18H16ClFN2O2/c1-10-5-3-8-14(11(10)2)21-18(23)16-9-15(22-24-16)17-12(19)6-4-7-13(17)20/h3-8,16H,9H2,1-2H3,(H,21,23)/t16-/m0/s1. The Hall–Kier alpha value is -2.40. The number of hydrogen-bond acceptors (Lipinski definition) is 3. The van der Waals surface area contributed by atoms with Gasteiger partial charge >= 0.3 is 0 Å². The molecule has 0 radical (unpaired) electrons. The minimum Gasteiger partial charge on any atom is -0.382 e. The highest BCUT2D eigenvalue weighted by Crippen LogP contribution is 2.26. The molecular formula is C18H16ClFN2O2. The number of nitrogens with one attached hydrogen (secondary N) is 1. The average Bonchev–Trinajstić information content (AvgIpc) is 3.01. The summed E-state index contributed by atoms with van der Waals surface area (Å²) in [5.41, 5.74) is 3.30. The van der Waals surface area contributed by atoms with Crippen molar-refractivity contribution >= 4 is 28.9 Å². The number of carbonyl (C=O) groups excluding carboxylic acids is 1. The molecule has 0 aromatic heterocycles. The summed E-state index contributed by atoms with van der Waals surface area (Å²) in [4.78, 5) is 17.6. The first-order chi connectivity index (χ1) is 11.5. The van der Waals surface area contributed by atoms with Crippen LogP contribution in [0.25, 0.3) is 0 Å². The third kappa shape index (κ3) is 3.12. The number of nitrogens with zero attached hydrogens (tertiary/aromatic N) is 1. The van der Waals surface area contributed by atoms with Gasteiger partial charge in [0.2, 0.25) is 6.10 Å². The Morgan fingerprint density at radius 2 is 2.04 bits per heavy atom. The van der Waals surface area contributed by atoms with E-state index in [0.717, 1.165) is 16.8 Å². The highest BCUT2D eigenvalue weighted by Gasteiger charge is 2.31. The molecule has 1 heterocycles. The fraction of sp³-hybridized carbons (Fsp3) is 0.222. The maximum absolute atomic E-state index is 14.0. The summed E-state index contributed by atoms with van der Waals surface area (Å²) >= 11 is 6.03. The van der Waals surface area contributed by atoms with Crippen molar-refractivity contribution < 1.29 is 14.0 Å². The number of halogens is 2. The summed E-state index contributed by atoms with van der Waals surface area (Å²) in [5.74, 6) is -0.810. The summed E-state index contributed by atoms with van der Waals surface area (Å²) in [6.07, 6.45) is -0.646. The summed E-state index contributed by atoms with van der Waals surface area (Å²) < 4.78 is 14.0. The summed E-state index contributed by atoms with van der Waals surface area (Å²) in [7, 11) is 0. The number of oxime groups is 1. The van der Waals surface area contributed by atoms with Crippen LogP contribution in [0, 0.1) is 19.7 Å². The van der Waals surface area contributed by atoms with E-state index in [0.29, 0.717) is 5.71 Å². The molecule has 6 heteroatoms. The number of carbonyl (C=O) groups is 1. The molecule has 1 N–H and O–H groups in total. The molecule has 0 fully saturated rings. The van der Waals surface area contributed by atoms with E-state index in [4.69, 9.17) is 16.4 Å². The summed E-state index contributed by atoms with van der Waals surface area (Å²) in [6, 6.07) is 10.1. The zero-order valence-corrected chi connectivity index (χ0v) is 14.0. The lowest BCUT2D eigenvalue weighted by Gasteiger charge is -2.13. The van der Waals surface area contributed by atoms with Gasteiger partial charge in [-0.25, -0.2) is 4.39 Å². The van der Waals surface area contributed by atoms with E-state index in [1.54, 1.807) is 6.07 Å². The van der Waals surface area contributed by atoms with Gasteiger partial charge in [-0.1, -0.05) is 35.0 Å². The molecule has 0 saturated heterocycles. The van der Waals surface area contributed by atoms with Crippen LogP contribution in [0.15, 0.2) is 41.6 Å². The van der Waals surface area contributed by atoms with Crippen LogP contribution in [-0.4, -0.2) is 17.7 Å². The zero-order chi connectivity index (χ0) is 17.3. The van der Waals surface area contributed by atoms with Gasteiger partial charge < -0.3 is 10.2 Å². The Bertz CT molecular complexity index is 816. The van der Waals surface area contributed by atoms with Crippen LogP contribution in [0.4, 0.5) is 10.1 Å². The Kier molecular flexibility index (Phi) is 4.53. The van der Waals surface area contributed by atoms with E-state index < -0.39 is 11.9 Å². The van der Waals surface area contributed by atoms with Gasteiger partial charge in [-0.05, 0) is 43.2 Å². The van der Waals surface area contributed by atoms with Crippen molar-refractivity contribution in [3.8, 4) is 0 Å². The quantitative estimate of drug-likeness (QED) is 0.904. The largest absolute Gasteiger partial charge is 0.382 e. The fourth-order valence-electron chi connectivity index (χ4n) is 2.54. The number of amides is 1. The second kappa shape index (κ2) is 6.61. The lowest BCUT2D eigenvalue weighted by molar-refractivity contribution is -0.125. The van der Waals surface area contributed by atoms with Crippen molar-refractivity contribution in [3.63, 3.8) is 0 Å². The highest BCUT2D eigenvalue weighted by atomic mass is 35.5. The van der Waals surface area contributed by atoms with E-state index in [-0.39, 0.29) is 22.9 Å². The lowest BCUT2D eigenvalue weighted by Crippen LogP contribution is -2.28. The average molecular weight is 347 g/mol. The molecule has 4 nitrogen and oxygen atoms in total. The van der Waals surface area contributed by atoms with Crippen LogP contribution in [0.3, 0.4) is 0 Å². The van der Waals surface area contributed by atoms with Crippen molar-refractivity contribution in [3.05, 3.63) is 63.9 Å². The highest BCUT2D eigenvalue weighted by molar-refractivity contribution is 6.34. The molecule has 0 saturated carbocycles. The topological polar surface area (TPSA) is 50.7 Å². The molecule has 2 aromatic rings. The van der Waals surface area contributed by atoms with Gasteiger partial charge in [0.1, 0.15) is 5.82 Å². The molecule has 0 aliphatic carbocycles. The first-order valence-electron chi connectivity index (χ1n) is 7.51. The van der Waals surface area contributed by atoms with Crippen molar-refractivity contribution in [2.75, 3.05) is 5.32 Å². The molecule has 2 aromatic carbocycles. The third-order valence-corrected chi connectivity index (χ3v) is 4.39. The van der Waals surface area contributed by atoms with Gasteiger partial charge in [-0.2, -0.15) is 0 Å². The SMILES string of the molecule is Cc1cccc(NC(=O)[C@@H]2CC(c3c(F)cccc3Cl)=NO2)c1C. The van der Waals surface area contributed by atoms with Crippen LogP contribution in [0.5, 0.6) is 0 Å². The minimum absolute atomic E-state index is 0.164. The molecule has 124 valence electrons. The van der Waals surface area contributed by atoms with Gasteiger partial charge in [0.05, 0.1) is 16.3 Å². The van der Waals surface area contributed by atoms with Gasteiger partial charge in [0.15, 0.2) is 0 Å². The van der Waals surface area contributed by atoms with E-state index in [9.17, 15) is 9.18 Å². The molecule has 0 spiro atoms. The predicted octanol–water partition coefficient (Wildman–Crippen LogP) is 4.23. The molecule has 1 aliphatic heterocycles. The van der Waals surface area contributed by atoms with E-state index >= 15 is 0 Å². The van der Waals surface area contributed by atoms with Gasteiger partial charge in [0.25, 0.3) is 5.91 Å². The maximum atomic E-state index is 14.0. The number of anilines is 1. The van der Waals surface area contributed by atoms with Crippen LogP contribution in [-0.2, 0) is 9.63 Å². The summed E-state index contributed by atoms with van der Waals surface area (Å²) in [6.45, 7) is 3.90. The van der Waals surface area contributed by atoms with Crippen LogP contribution < -0.4 is 5.32 Å². The van der Waals surface area contributed by atoms with Crippen LogP contribution in [0.2, 0.25) is 5.02 Å². The Morgan fingerprint density at radius 1 is 1.29 bits per heavy atom. The minimum atomic E-state index is -0.810. The molecule has 1 atom stereocenters. The van der Waals surface area contributed by atoms with Crippen molar-refractivity contribution in [1.82, 2.24) is 0 Å². The maximum Gasteiger partial charge on any atom is 0.268 e. The molecule has 1 amide bonds. The molecule has 24 heavy (non-hydrogen) atoms. The fourth-order valence-corrected chi connectivity index (χ4v) is 2.81. The van der Waals surface area contributed by atoms with Gasteiger partial charge in [-0.15, -0.1) is 0 Å².